The second-order valence-electron chi connectivity index (χ2n) is 3.38. The lowest BCUT2D eigenvalue weighted by atomic mass is 10.2. The second kappa shape index (κ2) is 4.89. The van der Waals surface area contributed by atoms with Crippen molar-refractivity contribution in [2.75, 3.05) is 0 Å². The largest absolute Gasteiger partial charge is 0.502 e. The highest BCUT2D eigenvalue weighted by Crippen LogP contribution is 2.16. The van der Waals surface area contributed by atoms with Crippen LogP contribution in [-0.2, 0) is 0 Å². The van der Waals surface area contributed by atoms with Crippen molar-refractivity contribution in [3.63, 3.8) is 0 Å². The Morgan fingerprint density at radius 3 is 2.53 bits per heavy atom. The minimum Gasteiger partial charge on any atom is -0.502 e. The highest BCUT2D eigenvalue weighted by atomic mass is 35.5. The normalized spacial score (nSPS) is 10.9. The van der Waals surface area contributed by atoms with E-state index in [4.69, 9.17) is 16.0 Å². The predicted molar refractivity (Wildman–Crippen MR) is 67.0 cm³/mol. The van der Waals surface area contributed by atoms with Crippen molar-refractivity contribution in [3.05, 3.63) is 63.2 Å². The SMILES string of the molecule is O=c1ccoc(C=Cc2ccc(Cl)cc2)c1O. The number of benzene rings is 1. The molecule has 4 heteroatoms. The highest BCUT2D eigenvalue weighted by Gasteiger charge is 2.02. The first kappa shape index (κ1) is 11.5. The fraction of sp³-hybridized carbons (Fsp3) is 0. The van der Waals surface area contributed by atoms with Crippen molar-refractivity contribution < 1.29 is 9.52 Å². The molecule has 86 valence electrons. The monoisotopic (exact) mass is 248 g/mol. The van der Waals surface area contributed by atoms with E-state index in [1.165, 1.54) is 12.3 Å². The van der Waals surface area contributed by atoms with Gasteiger partial charge in [0.15, 0.2) is 5.76 Å². The summed E-state index contributed by atoms with van der Waals surface area (Å²) in [6.45, 7) is 0. The molecule has 0 atom stereocenters. The molecule has 1 N–H and O–H groups in total. The van der Waals surface area contributed by atoms with Crippen molar-refractivity contribution in [1.82, 2.24) is 0 Å². The average molecular weight is 249 g/mol. The molecule has 0 unspecified atom stereocenters. The van der Waals surface area contributed by atoms with Crippen molar-refractivity contribution >= 4 is 23.8 Å². The summed E-state index contributed by atoms with van der Waals surface area (Å²) in [7, 11) is 0. The van der Waals surface area contributed by atoms with Crippen LogP contribution in [0.3, 0.4) is 0 Å². The molecule has 0 aliphatic heterocycles. The molecule has 2 rings (SSSR count). The maximum absolute atomic E-state index is 11.1. The van der Waals surface area contributed by atoms with Crippen LogP contribution in [0.15, 0.2) is 45.8 Å². The summed E-state index contributed by atoms with van der Waals surface area (Å²) in [5.74, 6) is -0.259. The van der Waals surface area contributed by atoms with E-state index in [1.54, 1.807) is 18.2 Å². The zero-order valence-electron chi connectivity index (χ0n) is 8.76. The first-order valence-corrected chi connectivity index (χ1v) is 5.29. The molecule has 0 bridgehead atoms. The van der Waals surface area contributed by atoms with Gasteiger partial charge in [-0.3, -0.25) is 4.79 Å². The molecule has 0 aliphatic carbocycles. The summed E-state index contributed by atoms with van der Waals surface area (Å²) in [6.07, 6.45) is 4.48. The predicted octanol–water partition coefficient (Wildman–Crippen LogP) is 3.17. The van der Waals surface area contributed by atoms with Gasteiger partial charge in [-0.2, -0.15) is 0 Å². The summed E-state index contributed by atoms with van der Waals surface area (Å²) < 4.78 is 5.02. The average Bonchev–Trinajstić information content (AvgIpc) is 2.33. The van der Waals surface area contributed by atoms with E-state index in [2.05, 4.69) is 0 Å². The maximum atomic E-state index is 11.1. The van der Waals surface area contributed by atoms with Crippen molar-refractivity contribution in [1.29, 1.82) is 0 Å². The fourth-order valence-corrected chi connectivity index (χ4v) is 1.42. The van der Waals surface area contributed by atoms with Crippen LogP contribution >= 0.6 is 11.6 Å². The van der Waals surface area contributed by atoms with Crippen molar-refractivity contribution in [2.45, 2.75) is 0 Å². The third-order valence-corrected chi connectivity index (χ3v) is 2.43. The number of hydrogen-bond acceptors (Lipinski definition) is 3. The Morgan fingerprint density at radius 1 is 1.12 bits per heavy atom. The second-order valence-corrected chi connectivity index (χ2v) is 3.82. The molecule has 3 nitrogen and oxygen atoms in total. The van der Waals surface area contributed by atoms with Crippen LogP contribution in [0.4, 0.5) is 0 Å². The standard InChI is InChI=1S/C13H9ClO3/c14-10-4-1-9(2-5-10)3-6-12-13(16)11(15)7-8-17-12/h1-8,16H. The summed E-state index contributed by atoms with van der Waals surface area (Å²) >= 11 is 5.75. The quantitative estimate of drug-likeness (QED) is 0.888. The summed E-state index contributed by atoms with van der Waals surface area (Å²) in [5.41, 5.74) is 0.423. The first-order valence-electron chi connectivity index (χ1n) is 4.91. The molecular weight excluding hydrogens is 240 g/mol. The van der Waals surface area contributed by atoms with Gasteiger partial charge in [-0.25, -0.2) is 0 Å². The molecule has 0 aliphatic rings. The minimum atomic E-state index is -0.466. The summed E-state index contributed by atoms with van der Waals surface area (Å²) in [5, 5.41) is 10.1. The van der Waals surface area contributed by atoms with Crippen molar-refractivity contribution in [3.8, 4) is 5.75 Å². The van der Waals surface area contributed by atoms with E-state index in [0.29, 0.717) is 5.02 Å². The summed E-state index contributed by atoms with van der Waals surface area (Å²) in [4.78, 5) is 11.1. The molecule has 1 heterocycles. The number of rotatable bonds is 2. The lowest BCUT2D eigenvalue weighted by Crippen LogP contribution is -1.97. The third kappa shape index (κ3) is 2.77. The van der Waals surface area contributed by atoms with Crippen LogP contribution in [0.1, 0.15) is 11.3 Å². The molecule has 0 amide bonds. The van der Waals surface area contributed by atoms with Gasteiger partial charge < -0.3 is 9.52 Å². The Bertz CT molecular complexity index is 597. The molecule has 0 saturated carbocycles. The van der Waals surface area contributed by atoms with Gasteiger partial charge in [0.1, 0.15) is 0 Å². The van der Waals surface area contributed by atoms with Crippen LogP contribution in [-0.4, -0.2) is 5.11 Å². The van der Waals surface area contributed by atoms with Gasteiger partial charge in [-0.05, 0) is 23.8 Å². The fourth-order valence-electron chi connectivity index (χ4n) is 1.29. The molecule has 0 radical (unpaired) electrons. The first-order chi connectivity index (χ1) is 8.16. The molecule has 1 aromatic heterocycles. The maximum Gasteiger partial charge on any atom is 0.227 e. The van der Waals surface area contributed by atoms with E-state index in [0.717, 1.165) is 11.6 Å². The van der Waals surface area contributed by atoms with Crippen LogP contribution in [0.5, 0.6) is 5.75 Å². The van der Waals surface area contributed by atoms with Crippen LogP contribution < -0.4 is 5.43 Å². The Labute approximate surface area is 103 Å². The van der Waals surface area contributed by atoms with Gasteiger partial charge in [0, 0.05) is 11.1 Å². The van der Waals surface area contributed by atoms with Crippen LogP contribution in [0.2, 0.25) is 5.02 Å². The van der Waals surface area contributed by atoms with Gasteiger partial charge in [0.25, 0.3) is 0 Å². The summed E-state index contributed by atoms with van der Waals surface area (Å²) in [6, 6.07) is 8.30. The minimum absolute atomic E-state index is 0.132. The molecular formula is C13H9ClO3. The van der Waals surface area contributed by atoms with Crippen LogP contribution in [0.25, 0.3) is 12.2 Å². The molecule has 17 heavy (non-hydrogen) atoms. The topological polar surface area (TPSA) is 50.4 Å². The number of aromatic hydroxyl groups is 1. The highest BCUT2D eigenvalue weighted by molar-refractivity contribution is 6.30. The Kier molecular flexibility index (Phi) is 3.30. The Morgan fingerprint density at radius 2 is 1.82 bits per heavy atom. The smallest absolute Gasteiger partial charge is 0.227 e. The zero-order chi connectivity index (χ0) is 12.3. The molecule has 0 saturated heterocycles. The van der Waals surface area contributed by atoms with Gasteiger partial charge in [0.2, 0.25) is 11.2 Å². The van der Waals surface area contributed by atoms with E-state index < -0.39 is 11.2 Å². The lowest BCUT2D eigenvalue weighted by molar-refractivity contribution is 0.424. The Balaban J connectivity index is 2.29. The Hall–Kier alpha value is -2.00. The van der Waals surface area contributed by atoms with E-state index in [9.17, 15) is 9.90 Å². The van der Waals surface area contributed by atoms with E-state index >= 15 is 0 Å². The molecule has 2 aromatic rings. The number of halogens is 1. The molecule has 0 spiro atoms. The molecule has 0 fully saturated rings. The van der Waals surface area contributed by atoms with Crippen LogP contribution in [0, 0.1) is 0 Å². The van der Waals surface area contributed by atoms with Gasteiger partial charge in [0.05, 0.1) is 6.26 Å². The van der Waals surface area contributed by atoms with Gasteiger partial charge in [-0.15, -0.1) is 0 Å². The van der Waals surface area contributed by atoms with E-state index in [1.807, 2.05) is 12.1 Å². The third-order valence-electron chi connectivity index (χ3n) is 2.18. The zero-order valence-corrected chi connectivity index (χ0v) is 9.52. The number of hydrogen-bond donors (Lipinski definition) is 1. The molecule has 1 aromatic carbocycles. The van der Waals surface area contributed by atoms with Crippen molar-refractivity contribution in [2.24, 2.45) is 0 Å². The lowest BCUT2D eigenvalue weighted by Gasteiger charge is -1.96. The van der Waals surface area contributed by atoms with Gasteiger partial charge >= 0.3 is 0 Å². The van der Waals surface area contributed by atoms with Gasteiger partial charge in [-0.1, -0.05) is 29.8 Å². The van der Waals surface area contributed by atoms with E-state index in [-0.39, 0.29) is 5.76 Å².